The van der Waals surface area contributed by atoms with E-state index in [9.17, 15) is 4.39 Å². The molecule has 1 N–H and O–H groups in total. The van der Waals surface area contributed by atoms with Crippen LogP contribution < -0.4 is 0 Å². The molecule has 0 atom stereocenters. The predicted octanol–water partition coefficient (Wildman–Crippen LogP) is 2.58. The number of halogens is 1. The lowest BCUT2D eigenvalue weighted by atomic mass is 10.3. The second-order valence-corrected chi connectivity index (χ2v) is 3.21. The maximum Gasteiger partial charge on any atom is 0.168 e. The van der Waals surface area contributed by atoms with Crippen molar-refractivity contribution in [1.29, 1.82) is 0 Å². The van der Waals surface area contributed by atoms with Gasteiger partial charge < -0.3 is 4.98 Å². The fourth-order valence-corrected chi connectivity index (χ4v) is 1.50. The molecule has 4 heteroatoms. The minimum atomic E-state index is -0.445. The summed E-state index contributed by atoms with van der Waals surface area (Å²) in [6.07, 6.45) is 0. The molecule has 0 spiro atoms. The summed E-state index contributed by atoms with van der Waals surface area (Å²) in [6.45, 7) is 0. The van der Waals surface area contributed by atoms with E-state index in [1.165, 1.54) is 0 Å². The van der Waals surface area contributed by atoms with Crippen LogP contribution in [0.3, 0.4) is 0 Å². The number of benzene rings is 1. The average molecular weight is 182 g/mol. The van der Waals surface area contributed by atoms with Gasteiger partial charge in [0.1, 0.15) is 6.01 Å². The summed E-state index contributed by atoms with van der Waals surface area (Å²) < 4.78 is 11.9. The third-order valence-electron chi connectivity index (χ3n) is 1.56. The molecule has 0 fully saturated rings. The quantitative estimate of drug-likeness (QED) is 0.723. The van der Waals surface area contributed by atoms with Gasteiger partial charge in [0.2, 0.25) is 0 Å². The minimum absolute atomic E-state index is 0.445. The summed E-state index contributed by atoms with van der Waals surface area (Å²) in [6, 6.07) is 7.20. The molecule has 2 aromatic rings. The van der Waals surface area contributed by atoms with Crippen molar-refractivity contribution in [2.75, 3.05) is 6.01 Å². The van der Waals surface area contributed by atoms with Crippen molar-refractivity contribution in [3.8, 4) is 0 Å². The number of para-hydroxylation sites is 2. The fraction of sp³-hybridized carbons (Fsp3) is 0.125. The van der Waals surface area contributed by atoms with Crippen LogP contribution in [-0.4, -0.2) is 16.0 Å². The van der Waals surface area contributed by atoms with Gasteiger partial charge in [0.25, 0.3) is 0 Å². The van der Waals surface area contributed by atoms with Gasteiger partial charge in [-0.05, 0) is 12.1 Å². The van der Waals surface area contributed by atoms with Crippen LogP contribution in [0.2, 0.25) is 0 Å². The number of alkyl halides is 1. The lowest BCUT2D eigenvalue weighted by Crippen LogP contribution is -1.71. The van der Waals surface area contributed by atoms with Gasteiger partial charge in [0.05, 0.1) is 11.0 Å². The molecule has 0 amide bonds. The molecule has 0 aliphatic rings. The predicted molar refractivity (Wildman–Crippen MR) is 47.9 cm³/mol. The van der Waals surface area contributed by atoms with Gasteiger partial charge in [-0.2, -0.15) is 0 Å². The van der Waals surface area contributed by atoms with E-state index in [4.69, 9.17) is 0 Å². The summed E-state index contributed by atoms with van der Waals surface area (Å²) in [5.41, 5.74) is 1.84. The highest BCUT2D eigenvalue weighted by Gasteiger charge is 2.00. The Bertz CT molecular complexity index is 352. The van der Waals surface area contributed by atoms with E-state index >= 15 is 0 Å². The van der Waals surface area contributed by atoms with Crippen LogP contribution in [0.25, 0.3) is 11.0 Å². The molecule has 12 heavy (non-hydrogen) atoms. The van der Waals surface area contributed by atoms with Crippen LogP contribution in [0.5, 0.6) is 0 Å². The first-order valence-corrected chi connectivity index (χ1v) is 4.52. The number of aromatic amines is 1. The molecule has 0 saturated carbocycles. The highest BCUT2D eigenvalue weighted by Crippen LogP contribution is 2.18. The Kier molecular flexibility index (Phi) is 1.99. The van der Waals surface area contributed by atoms with Gasteiger partial charge in [-0.3, -0.25) is 0 Å². The molecular formula is C8H7FN2S. The first-order chi connectivity index (χ1) is 5.90. The third-order valence-corrected chi connectivity index (χ3v) is 2.13. The molecule has 1 aromatic carbocycles. The number of H-pyrrole nitrogens is 1. The second kappa shape index (κ2) is 3.15. The number of hydrogen-bond donors (Lipinski definition) is 1. The van der Waals surface area contributed by atoms with Crippen molar-refractivity contribution >= 4 is 22.8 Å². The number of rotatable bonds is 2. The van der Waals surface area contributed by atoms with Gasteiger partial charge in [0, 0.05) is 0 Å². The minimum Gasteiger partial charge on any atom is -0.333 e. The van der Waals surface area contributed by atoms with E-state index in [0.717, 1.165) is 22.8 Å². The van der Waals surface area contributed by atoms with Crippen molar-refractivity contribution < 1.29 is 4.39 Å². The Morgan fingerprint density at radius 1 is 1.42 bits per heavy atom. The molecule has 2 rings (SSSR count). The van der Waals surface area contributed by atoms with E-state index in [-0.39, 0.29) is 0 Å². The van der Waals surface area contributed by atoms with Gasteiger partial charge in [-0.15, -0.1) is 0 Å². The Balaban J connectivity index is 2.47. The summed E-state index contributed by atoms with van der Waals surface area (Å²) in [5.74, 6) is 0. The molecule has 0 aliphatic heterocycles. The van der Waals surface area contributed by atoms with Gasteiger partial charge >= 0.3 is 0 Å². The first-order valence-electron chi connectivity index (χ1n) is 3.53. The molecular weight excluding hydrogens is 175 g/mol. The Morgan fingerprint density at radius 2 is 2.25 bits per heavy atom. The van der Waals surface area contributed by atoms with Crippen molar-refractivity contribution in [3.05, 3.63) is 24.3 Å². The molecule has 0 unspecified atom stereocenters. The third kappa shape index (κ3) is 1.30. The molecule has 0 aliphatic carbocycles. The summed E-state index contributed by atoms with van der Waals surface area (Å²) >= 11 is 1.07. The number of thioether (sulfide) groups is 1. The summed E-state index contributed by atoms with van der Waals surface area (Å²) in [4.78, 5) is 7.18. The van der Waals surface area contributed by atoms with E-state index < -0.39 is 6.01 Å². The number of nitrogens with zero attached hydrogens (tertiary/aromatic N) is 1. The van der Waals surface area contributed by atoms with Crippen molar-refractivity contribution in [2.24, 2.45) is 0 Å². The van der Waals surface area contributed by atoms with Crippen molar-refractivity contribution in [1.82, 2.24) is 9.97 Å². The highest BCUT2D eigenvalue weighted by atomic mass is 32.2. The van der Waals surface area contributed by atoms with Crippen LogP contribution in [0.15, 0.2) is 29.4 Å². The fourth-order valence-electron chi connectivity index (χ4n) is 1.05. The van der Waals surface area contributed by atoms with Gasteiger partial charge in [-0.1, -0.05) is 23.9 Å². The van der Waals surface area contributed by atoms with Gasteiger partial charge in [-0.25, -0.2) is 9.37 Å². The maximum absolute atomic E-state index is 11.9. The summed E-state index contributed by atoms with van der Waals surface area (Å²) in [7, 11) is 0. The van der Waals surface area contributed by atoms with Crippen LogP contribution in [0.1, 0.15) is 0 Å². The maximum atomic E-state index is 11.9. The second-order valence-electron chi connectivity index (χ2n) is 2.31. The number of hydrogen-bond acceptors (Lipinski definition) is 2. The normalized spacial score (nSPS) is 10.8. The van der Waals surface area contributed by atoms with E-state index in [2.05, 4.69) is 9.97 Å². The Labute approximate surface area is 73.2 Å². The first kappa shape index (κ1) is 7.61. The van der Waals surface area contributed by atoms with Crippen molar-refractivity contribution in [2.45, 2.75) is 5.16 Å². The highest BCUT2D eigenvalue weighted by molar-refractivity contribution is 7.99. The Hall–Kier alpha value is -1.03. The molecule has 0 bridgehead atoms. The molecule has 1 aromatic heterocycles. The topological polar surface area (TPSA) is 28.7 Å². The van der Waals surface area contributed by atoms with Crippen LogP contribution >= 0.6 is 11.8 Å². The molecule has 2 nitrogen and oxygen atoms in total. The van der Waals surface area contributed by atoms with Crippen molar-refractivity contribution in [3.63, 3.8) is 0 Å². The number of fused-ring (bicyclic) bond motifs is 1. The molecule has 0 saturated heterocycles. The Morgan fingerprint density at radius 3 is 3.00 bits per heavy atom. The largest absolute Gasteiger partial charge is 0.333 e. The average Bonchev–Trinajstić information content (AvgIpc) is 2.47. The standard InChI is InChI=1S/C8H7FN2S/c9-5-12-8-10-6-3-1-2-4-7(6)11-8/h1-4H,5H2,(H,10,11). The van der Waals surface area contributed by atoms with Crippen LogP contribution in [-0.2, 0) is 0 Å². The van der Waals surface area contributed by atoms with Crippen LogP contribution in [0.4, 0.5) is 4.39 Å². The zero-order chi connectivity index (χ0) is 8.39. The van der Waals surface area contributed by atoms with E-state index in [1.54, 1.807) is 0 Å². The monoisotopic (exact) mass is 182 g/mol. The van der Waals surface area contributed by atoms with E-state index in [0.29, 0.717) is 5.16 Å². The molecule has 1 heterocycles. The number of aromatic nitrogens is 2. The van der Waals surface area contributed by atoms with E-state index in [1.807, 2.05) is 24.3 Å². The summed E-state index contributed by atoms with van der Waals surface area (Å²) in [5, 5.41) is 0.638. The lowest BCUT2D eigenvalue weighted by Gasteiger charge is -1.84. The zero-order valence-electron chi connectivity index (χ0n) is 6.25. The zero-order valence-corrected chi connectivity index (χ0v) is 7.07. The van der Waals surface area contributed by atoms with Crippen LogP contribution in [0, 0.1) is 0 Å². The number of nitrogens with one attached hydrogen (secondary N) is 1. The molecule has 62 valence electrons. The lowest BCUT2D eigenvalue weighted by molar-refractivity contribution is 0.604. The smallest absolute Gasteiger partial charge is 0.168 e. The number of imidazole rings is 1. The SMILES string of the molecule is FCSc1nc2ccccc2[nH]1. The van der Waals surface area contributed by atoms with Gasteiger partial charge in [0.15, 0.2) is 5.16 Å². The molecule has 0 radical (unpaired) electrons.